The molecule has 2 amide bonds. The van der Waals surface area contributed by atoms with Crippen LogP contribution >= 0.6 is 0 Å². The average molecular weight is 474 g/mol. The zero-order valence-electron chi connectivity index (χ0n) is 19.7. The minimum atomic E-state index is -0.634. The first-order valence-electron chi connectivity index (χ1n) is 11.8. The van der Waals surface area contributed by atoms with Crippen LogP contribution < -0.4 is 21.5 Å². The van der Waals surface area contributed by atoms with Gasteiger partial charge in [0.25, 0.3) is 5.91 Å². The van der Waals surface area contributed by atoms with Crippen LogP contribution in [0, 0.1) is 5.92 Å². The molecular weight excluding hydrogens is 442 g/mol. The number of nitrogens with two attached hydrogens (primary N) is 2. The van der Waals surface area contributed by atoms with E-state index in [4.69, 9.17) is 16.2 Å². The molecule has 2 aliphatic heterocycles. The molecule has 0 aliphatic carbocycles. The lowest BCUT2D eigenvalue weighted by Crippen LogP contribution is -2.50. The van der Waals surface area contributed by atoms with E-state index in [1.807, 2.05) is 35.2 Å². The smallest absolute Gasteiger partial charge is 0.254 e. The van der Waals surface area contributed by atoms with Crippen LogP contribution in [0.4, 0.5) is 0 Å². The maximum absolute atomic E-state index is 12.4. The van der Waals surface area contributed by atoms with E-state index in [0.29, 0.717) is 42.7 Å². The Morgan fingerprint density at radius 2 is 1.66 bits per heavy atom. The summed E-state index contributed by atoms with van der Waals surface area (Å²) in [5.74, 6) is 1.51. The number of carbonyl (C=O) groups excluding carboxylic acids is 2. The Balaban J connectivity index is 1.48. The van der Waals surface area contributed by atoms with Crippen LogP contribution in [0.1, 0.15) is 24.8 Å². The van der Waals surface area contributed by atoms with E-state index in [-0.39, 0.29) is 23.2 Å². The number of nitrogens with one attached hydrogen (secondary N) is 1. The second-order valence-corrected chi connectivity index (χ2v) is 8.73. The number of nitrogens with zero attached hydrogens (tertiary/aromatic N) is 2. The van der Waals surface area contributed by atoms with Gasteiger partial charge in [0.2, 0.25) is 5.91 Å². The van der Waals surface area contributed by atoms with Gasteiger partial charge in [-0.25, -0.2) is 0 Å². The third-order valence-corrected chi connectivity index (χ3v) is 6.52. The summed E-state index contributed by atoms with van der Waals surface area (Å²) in [7, 11) is 0. The molecule has 8 nitrogen and oxygen atoms in total. The fraction of sp³-hybridized carbons (Fsp3) is 0.296. The lowest BCUT2D eigenvalue weighted by molar-refractivity contribution is -0.127. The monoisotopic (exact) mass is 473 g/mol. The fourth-order valence-corrected chi connectivity index (χ4v) is 4.61. The van der Waals surface area contributed by atoms with Crippen LogP contribution in [0.3, 0.4) is 0 Å². The number of benzene rings is 2. The summed E-state index contributed by atoms with van der Waals surface area (Å²) < 4.78 is 5.83. The molecule has 182 valence electrons. The van der Waals surface area contributed by atoms with Crippen LogP contribution in [0.15, 0.2) is 77.8 Å². The van der Waals surface area contributed by atoms with Crippen molar-refractivity contribution >= 4 is 23.3 Å². The zero-order valence-corrected chi connectivity index (χ0v) is 19.7. The standard InChI is InChI=1S/C27H31N5O3/c1-2-23(33)32-16-13-18(14-17-32)22-12-15-30-27(31-22)24(26(29)34)25(28)19-8-10-21(11-9-19)35-20-6-4-3-5-7-20/h2-11,18,22H,1,12-17,28H2,(H2,29,34)(H,30,31). The van der Waals surface area contributed by atoms with Crippen molar-refractivity contribution in [3.63, 3.8) is 0 Å². The van der Waals surface area contributed by atoms with Gasteiger partial charge in [-0.05, 0) is 73.2 Å². The highest BCUT2D eigenvalue weighted by Gasteiger charge is 2.31. The van der Waals surface area contributed by atoms with Crippen LogP contribution in [0.2, 0.25) is 0 Å². The van der Waals surface area contributed by atoms with Gasteiger partial charge in [0.1, 0.15) is 22.9 Å². The van der Waals surface area contributed by atoms with Crippen molar-refractivity contribution in [3.8, 4) is 11.5 Å². The number of para-hydroxylation sites is 1. The highest BCUT2D eigenvalue weighted by molar-refractivity contribution is 6.25. The molecule has 0 spiro atoms. The van der Waals surface area contributed by atoms with E-state index in [1.54, 1.807) is 24.3 Å². The first-order chi connectivity index (χ1) is 17.0. The second kappa shape index (κ2) is 10.9. The molecule has 0 radical (unpaired) electrons. The number of rotatable bonds is 7. The molecule has 0 saturated carbocycles. The summed E-state index contributed by atoms with van der Waals surface area (Å²) in [5, 5.41) is 3.42. The van der Waals surface area contributed by atoms with Gasteiger partial charge in [-0.1, -0.05) is 24.8 Å². The Morgan fingerprint density at radius 1 is 1.00 bits per heavy atom. The van der Waals surface area contributed by atoms with Crippen LogP contribution in [-0.2, 0) is 9.59 Å². The molecule has 1 atom stereocenters. The van der Waals surface area contributed by atoms with E-state index in [2.05, 4.69) is 16.9 Å². The molecule has 2 aromatic rings. The van der Waals surface area contributed by atoms with Crippen molar-refractivity contribution in [2.75, 3.05) is 19.6 Å². The number of hydrogen-bond donors (Lipinski definition) is 3. The minimum absolute atomic E-state index is 0.0331. The lowest BCUT2D eigenvalue weighted by atomic mass is 9.86. The molecule has 1 fully saturated rings. The third kappa shape index (κ3) is 5.71. The van der Waals surface area contributed by atoms with E-state index in [1.165, 1.54) is 6.08 Å². The van der Waals surface area contributed by atoms with Crippen molar-refractivity contribution in [2.24, 2.45) is 22.4 Å². The van der Waals surface area contributed by atoms with Gasteiger partial charge in [-0.2, -0.15) is 0 Å². The van der Waals surface area contributed by atoms with Crippen LogP contribution in [-0.4, -0.2) is 48.2 Å². The van der Waals surface area contributed by atoms with Gasteiger partial charge in [0.15, 0.2) is 0 Å². The molecule has 2 heterocycles. The summed E-state index contributed by atoms with van der Waals surface area (Å²) in [6.45, 7) is 5.53. The zero-order chi connectivity index (χ0) is 24.8. The molecule has 2 aromatic carbocycles. The Bertz CT molecular complexity index is 1130. The number of piperidine rings is 1. The first-order valence-corrected chi connectivity index (χ1v) is 11.8. The summed E-state index contributed by atoms with van der Waals surface area (Å²) >= 11 is 0. The van der Waals surface area contributed by atoms with Crippen molar-refractivity contribution in [1.29, 1.82) is 0 Å². The summed E-state index contributed by atoms with van der Waals surface area (Å²) in [4.78, 5) is 30.7. The quantitative estimate of drug-likeness (QED) is 0.534. The first kappa shape index (κ1) is 24.1. The van der Waals surface area contributed by atoms with Gasteiger partial charge in [-0.3, -0.25) is 14.6 Å². The van der Waals surface area contributed by atoms with Gasteiger partial charge < -0.3 is 26.4 Å². The molecule has 5 N–H and O–H groups in total. The largest absolute Gasteiger partial charge is 0.457 e. The topological polar surface area (TPSA) is 123 Å². The number of amidine groups is 1. The predicted molar refractivity (Wildman–Crippen MR) is 137 cm³/mol. The van der Waals surface area contributed by atoms with E-state index < -0.39 is 5.91 Å². The number of aliphatic imine (C=N–C) groups is 1. The molecule has 35 heavy (non-hydrogen) atoms. The number of hydrogen-bond acceptors (Lipinski definition) is 6. The fourth-order valence-electron chi connectivity index (χ4n) is 4.61. The van der Waals surface area contributed by atoms with E-state index in [0.717, 1.165) is 25.0 Å². The van der Waals surface area contributed by atoms with Crippen molar-refractivity contribution < 1.29 is 14.3 Å². The number of likely N-dealkylation sites (tertiary alicyclic amines) is 1. The minimum Gasteiger partial charge on any atom is -0.457 e. The van der Waals surface area contributed by atoms with Crippen molar-refractivity contribution in [1.82, 2.24) is 10.2 Å². The van der Waals surface area contributed by atoms with Gasteiger partial charge in [0.05, 0.1) is 5.70 Å². The Morgan fingerprint density at radius 3 is 2.29 bits per heavy atom. The summed E-state index contributed by atoms with van der Waals surface area (Å²) in [6.07, 6.45) is 3.95. The average Bonchev–Trinajstić information content (AvgIpc) is 2.89. The van der Waals surface area contributed by atoms with E-state index >= 15 is 0 Å². The number of amides is 2. The highest BCUT2D eigenvalue weighted by atomic mass is 16.5. The molecule has 1 unspecified atom stereocenters. The third-order valence-electron chi connectivity index (χ3n) is 6.52. The number of primary amides is 1. The maximum Gasteiger partial charge on any atom is 0.254 e. The molecule has 1 saturated heterocycles. The maximum atomic E-state index is 12.4. The van der Waals surface area contributed by atoms with Gasteiger partial charge >= 0.3 is 0 Å². The highest BCUT2D eigenvalue weighted by Crippen LogP contribution is 2.27. The predicted octanol–water partition coefficient (Wildman–Crippen LogP) is 2.82. The van der Waals surface area contributed by atoms with Crippen LogP contribution in [0.25, 0.3) is 5.70 Å². The van der Waals surface area contributed by atoms with Gasteiger partial charge in [0, 0.05) is 25.7 Å². The summed E-state index contributed by atoms with van der Waals surface area (Å²) in [5.41, 5.74) is 13.3. The molecular formula is C27H31N5O3. The molecule has 4 rings (SSSR count). The van der Waals surface area contributed by atoms with Crippen molar-refractivity contribution in [2.45, 2.75) is 25.3 Å². The SMILES string of the molecule is C=CC(=O)N1CCC(C2CCN=C(C(C(N)=O)=C(N)c3ccc(Oc4ccccc4)cc3)N2)CC1. The van der Waals surface area contributed by atoms with Gasteiger partial charge in [-0.15, -0.1) is 0 Å². The number of ether oxygens (including phenoxy) is 1. The molecule has 0 bridgehead atoms. The van der Waals surface area contributed by atoms with Crippen LogP contribution in [0.5, 0.6) is 11.5 Å². The molecule has 8 heteroatoms. The second-order valence-electron chi connectivity index (χ2n) is 8.73. The van der Waals surface area contributed by atoms with E-state index in [9.17, 15) is 9.59 Å². The normalized spacial score (nSPS) is 19.1. The van der Waals surface area contributed by atoms with Crippen molar-refractivity contribution in [3.05, 3.63) is 78.4 Å². The molecule has 0 aromatic heterocycles. The lowest BCUT2D eigenvalue weighted by Gasteiger charge is -2.38. The summed E-state index contributed by atoms with van der Waals surface area (Å²) in [6, 6.07) is 16.8. The number of carbonyl (C=O) groups is 2. The Labute approximate surface area is 205 Å². The Kier molecular flexibility index (Phi) is 7.50. The Hall–Kier alpha value is -4.07. The molecule has 2 aliphatic rings.